The highest BCUT2D eigenvalue weighted by atomic mass is 35.5. The molecule has 0 heterocycles. The summed E-state index contributed by atoms with van der Waals surface area (Å²) in [5.41, 5.74) is 0.596. The van der Waals surface area contributed by atoms with Crippen LogP contribution in [-0.4, -0.2) is 40.0 Å². The van der Waals surface area contributed by atoms with Crippen LogP contribution in [-0.2, 0) is 15.9 Å². The molecule has 0 unspecified atom stereocenters. The van der Waals surface area contributed by atoms with Crippen LogP contribution >= 0.6 is 11.6 Å². The summed E-state index contributed by atoms with van der Waals surface area (Å²) < 4.78 is 37.3. The van der Waals surface area contributed by atoms with Crippen LogP contribution in [0.15, 0.2) is 17.0 Å². The number of ether oxygens (including phenoxy) is 2. The molecule has 0 bridgehead atoms. The zero-order chi connectivity index (χ0) is 15.6. The van der Waals surface area contributed by atoms with Crippen molar-refractivity contribution in [3.05, 3.63) is 17.7 Å². The van der Waals surface area contributed by atoms with Gasteiger partial charge in [-0.05, 0) is 18.9 Å². The topological polar surface area (TPSA) is 55.8 Å². The molecular formula is C14H20ClNO4S. The van der Waals surface area contributed by atoms with Crippen molar-refractivity contribution in [3.8, 4) is 11.5 Å². The van der Waals surface area contributed by atoms with E-state index in [4.69, 9.17) is 21.1 Å². The minimum Gasteiger partial charge on any atom is -0.493 e. The van der Waals surface area contributed by atoms with E-state index in [9.17, 15) is 8.42 Å². The minimum absolute atomic E-state index is 0.0857. The molecular weight excluding hydrogens is 314 g/mol. The second kappa shape index (κ2) is 6.42. The summed E-state index contributed by atoms with van der Waals surface area (Å²) in [6, 6.07) is 3.13. The molecule has 1 aromatic carbocycles. The summed E-state index contributed by atoms with van der Waals surface area (Å²) in [5, 5.41) is 0. The highest BCUT2D eigenvalue weighted by molar-refractivity contribution is 7.89. The number of rotatable bonds is 6. The highest BCUT2D eigenvalue weighted by Crippen LogP contribution is 2.37. The third-order valence-electron chi connectivity index (χ3n) is 3.94. The summed E-state index contributed by atoms with van der Waals surface area (Å²) in [6.45, 7) is 0. The summed E-state index contributed by atoms with van der Waals surface area (Å²) in [6.07, 6.45) is 2.89. The lowest BCUT2D eigenvalue weighted by Crippen LogP contribution is -2.41. The van der Waals surface area contributed by atoms with Gasteiger partial charge in [-0.3, -0.25) is 0 Å². The van der Waals surface area contributed by atoms with Gasteiger partial charge < -0.3 is 9.47 Å². The van der Waals surface area contributed by atoms with E-state index in [1.165, 1.54) is 24.6 Å². The molecule has 0 aromatic heterocycles. The first kappa shape index (κ1) is 16.4. The Morgan fingerprint density at radius 2 is 1.95 bits per heavy atom. The van der Waals surface area contributed by atoms with Crippen LogP contribution in [0.4, 0.5) is 0 Å². The largest absolute Gasteiger partial charge is 0.493 e. The summed E-state index contributed by atoms with van der Waals surface area (Å²) in [4.78, 5) is 0.185. The molecule has 0 radical (unpaired) electrons. The normalized spacial score (nSPS) is 15.9. The van der Waals surface area contributed by atoms with Crippen LogP contribution in [0.3, 0.4) is 0 Å². The number of alkyl halides is 1. The molecule has 0 amide bonds. The fraction of sp³-hybridized carbons (Fsp3) is 0.571. The quantitative estimate of drug-likeness (QED) is 0.751. The number of hydrogen-bond acceptors (Lipinski definition) is 4. The minimum atomic E-state index is -3.55. The van der Waals surface area contributed by atoms with Gasteiger partial charge in [0.25, 0.3) is 0 Å². The predicted molar refractivity (Wildman–Crippen MR) is 81.7 cm³/mol. The van der Waals surface area contributed by atoms with Crippen LogP contribution in [0.1, 0.15) is 24.8 Å². The molecule has 5 nitrogen and oxygen atoms in total. The third-order valence-corrected chi connectivity index (χ3v) is 6.11. The molecule has 7 heteroatoms. The van der Waals surface area contributed by atoms with Crippen molar-refractivity contribution in [2.24, 2.45) is 0 Å². The van der Waals surface area contributed by atoms with Gasteiger partial charge in [0, 0.05) is 24.7 Å². The average molecular weight is 334 g/mol. The van der Waals surface area contributed by atoms with E-state index in [1.807, 2.05) is 0 Å². The number of benzene rings is 1. The fourth-order valence-corrected chi connectivity index (χ4v) is 4.06. The lowest BCUT2D eigenvalue weighted by atomic mass is 9.94. The van der Waals surface area contributed by atoms with Gasteiger partial charge in [-0.25, -0.2) is 8.42 Å². The zero-order valence-corrected chi connectivity index (χ0v) is 14.0. The van der Waals surface area contributed by atoms with Crippen molar-refractivity contribution in [1.29, 1.82) is 0 Å². The molecule has 1 fully saturated rings. The number of hydrogen-bond donors (Lipinski definition) is 0. The van der Waals surface area contributed by atoms with Gasteiger partial charge in [0.2, 0.25) is 10.0 Å². The van der Waals surface area contributed by atoms with E-state index in [-0.39, 0.29) is 16.8 Å². The molecule has 1 aromatic rings. The van der Waals surface area contributed by atoms with Crippen molar-refractivity contribution < 1.29 is 17.9 Å². The van der Waals surface area contributed by atoms with Crippen LogP contribution in [0.5, 0.6) is 11.5 Å². The molecule has 0 atom stereocenters. The molecule has 0 N–H and O–H groups in total. The van der Waals surface area contributed by atoms with Gasteiger partial charge in [-0.1, -0.05) is 6.42 Å². The predicted octanol–water partition coefficient (Wildman–Crippen LogP) is 2.62. The molecule has 118 valence electrons. The summed E-state index contributed by atoms with van der Waals surface area (Å²) in [7, 11) is 1.05. The second-order valence-corrected chi connectivity index (χ2v) is 7.32. The lowest BCUT2D eigenvalue weighted by molar-refractivity contribution is 0.249. The average Bonchev–Trinajstić information content (AvgIpc) is 2.43. The Hall–Kier alpha value is -0.980. The second-order valence-electron chi connectivity index (χ2n) is 5.06. The van der Waals surface area contributed by atoms with Gasteiger partial charge in [-0.2, -0.15) is 4.31 Å². The van der Waals surface area contributed by atoms with Crippen molar-refractivity contribution in [2.75, 3.05) is 21.3 Å². The van der Waals surface area contributed by atoms with Crippen LogP contribution in [0, 0.1) is 0 Å². The molecule has 0 aliphatic heterocycles. The van der Waals surface area contributed by atoms with E-state index in [2.05, 4.69) is 0 Å². The Labute approximate surface area is 130 Å². The molecule has 1 saturated carbocycles. The zero-order valence-electron chi connectivity index (χ0n) is 12.4. The Kier molecular flexibility index (Phi) is 5.01. The number of halogens is 1. The smallest absolute Gasteiger partial charge is 0.243 e. The molecule has 2 rings (SSSR count). The first-order chi connectivity index (χ1) is 9.95. The maximum atomic E-state index is 12.7. The SMILES string of the molecule is COc1cc(S(=O)(=O)N(C)C2CCC2)cc(CCl)c1OC. The number of sulfonamides is 1. The molecule has 1 aliphatic rings. The maximum Gasteiger partial charge on any atom is 0.243 e. The lowest BCUT2D eigenvalue weighted by Gasteiger charge is -2.33. The maximum absolute atomic E-state index is 12.7. The number of nitrogens with zero attached hydrogens (tertiary/aromatic N) is 1. The van der Waals surface area contributed by atoms with Gasteiger partial charge in [0.15, 0.2) is 11.5 Å². The molecule has 0 saturated heterocycles. The van der Waals surface area contributed by atoms with E-state index >= 15 is 0 Å². The van der Waals surface area contributed by atoms with Crippen molar-refractivity contribution >= 4 is 21.6 Å². The van der Waals surface area contributed by atoms with Crippen molar-refractivity contribution in [1.82, 2.24) is 4.31 Å². The van der Waals surface area contributed by atoms with E-state index in [1.54, 1.807) is 13.1 Å². The summed E-state index contributed by atoms with van der Waals surface area (Å²) in [5.74, 6) is 0.990. The Balaban J connectivity index is 2.47. The Bertz CT molecular complexity index is 588. The van der Waals surface area contributed by atoms with E-state index < -0.39 is 10.0 Å². The third kappa shape index (κ3) is 2.98. The van der Waals surface area contributed by atoms with Crippen LogP contribution in [0.2, 0.25) is 0 Å². The van der Waals surface area contributed by atoms with Gasteiger partial charge >= 0.3 is 0 Å². The van der Waals surface area contributed by atoms with Crippen LogP contribution in [0.25, 0.3) is 0 Å². The molecule has 0 spiro atoms. The highest BCUT2D eigenvalue weighted by Gasteiger charge is 2.32. The van der Waals surface area contributed by atoms with Crippen molar-refractivity contribution in [3.63, 3.8) is 0 Å². The van der Waals surface area contributed by atoms with Crippen LogP contribution < -0.4 is 9.47 Å². The Morgan fingerprint density at radius 1 is 1.29 bits per heavy atom. The standard InChI is InChI=1S/C14H20ClNO4S/c1-16(11-5-4-6-11)21(17,18)12-7-10(9-15)14(20-3)13(8-12)19-2/h7-8,11H,4-6,9H2,1-3H3. The Morgan fingerprint density at radius 3 is 2.38 bits per heavy atom. The van der Waals surface area contributed by atoms with Gasteiger partial charge in [-0.15, -0.1) is 11.6 Å². The fourth-order valence-electron chi connectivity index (χ4n) is 2.38. The molecule has 1 aliphatic carbocycles. The van der Waals surface area contributed by atoms with E-state index in [0.29, 0.717) is 17.1 Å². The van der Waals surface area contributed by atoms with Crippen molar-refractivity contribution in [2.45, 2.75) is 36.1 Å². The monoisotopic (exact) mass is 333 g/mol. The number of methoxy groups -OCH3 is 2. The first-order valence-electron chi connectivity index (χ1n) is 6.74. The first-order valence-corrected chi connectivity index (χ1v) is 8.72. The summed E-state index contributed by atoms with van der Waals surface area (Å²) >= 11 is 5.90. The van der Waals surface area contributed by atoms with Gasteiger partial charge in [0.1, 0.15) is 0 Å². The van der Waals surface area contributed by atoms with Gasteiger partial charge in [0.05, 0.1) is 25.0 Å². The van der Waals surface area contributed by atoms with E-state index in [0.717, 1.165) is 19.3 Å². The molecule has 21 heavy (non-hydrogen) atoms.